The van der Waals surface area contributed by atoms with Gasteiger partial charge in [0.2, 0.25) is 0 Å². The van der Waals surface area contributed by atoms with Gasteiger partial charge in [-0.1, -0.05) is 53.6 Å². The lowest BCUT2D eigenvalue weighted by Crippen LogP contribution is -2.04. The SMILES string of the molecule is Cc1ccc(Cn2nc(C)c(/C=N\Nc3ccccc3Cl)c2C)cc1. The second kappa shape index (κ2) is 7.53. The van der Waals surface area contributed by atoms with E-state index in [9.17, 15) is 0 Å². The monoisotopic (exact) mass is 352 g/mol. The molecule has 0 amide bonds. The van der Waals surface area contributed by atoms with Gasteiger partial charge in [-0.05, 0) is 38.5 Å². The normalized spacial score (nSPS) is 11.2. The first-order valence-corrected chi connectivity index (χ1v) is 8.55. The minimum Gasteiger partial charge on any atom is -0.277 e. The lowest BCUT2D eigenvalue weighted by atomic mass is 10.1. The molecule has 1 aromatic heterocycles. The summed E-state index contributed by atoms with van der Waals surface area (Å²) in [6.07, 6.45) is 1.80. The quantitative estimate of drug-likeness (QED) is 0.521. The van der Waals surface area contributed by atoms with Crippen LogP contribution in [0.15, 0.2) is 53.6 Å². The first kappa shape index (κ1) is 17.2. The summed E-state index contributed by atoms with van der Waals surface area (Å²) in [7, 11) is 0. The van der Waals surface area contributed by atoms with Crippen LogP contribution in [0.4, 0.5) is 5.69 Å². The van der Waals surface area contributed by atoms with Gasteiger partial charge >= 0.3 is 0 Å². The van der Waals surface area contributed by atoms with Gasteiger partial charge < -0.3 is 0 Å². The molecule has 0 bridgehead atoms. The molecular weight excluding hydrogens is 332 g/mol. The molecule has 0 saturated heterocycles. The zero-order valence-corrected chi connectivity index (χ0v) is 15.4. The third-order valence-electron chi connectivity index (χ3n) is 4.14. The van der Waals surface area contributed by atoms with Crippen molar-refractivity contribution in [1.29, 1.82) is 0 Å². The topological polar surface area (TPSA) is 42.2 Å². The van der Waals surface area contributed by atoms with Crippen LogP contribution < -0.4 is 5.43 Å². The molecule has 1 N–H and O–H groups in total. The Hall–Kier alpha value is -2.59. The van der Waals surface area contributed by atoms with Crippen LogP contribution in [0, 0.1) is 20.8 Å². The lowest BCUT2D eigenvalue weighted by Gasteiger charge is -2.05. The van der Waals surface area contributed by atoms with Gasteiger partial charge in [0.25, 0.3) is 0 Å². The average molecular weight is 353 g/mol. The van der Waals surface area contributed by atoms with Crippen molar-refractivity contribution in [3.8, 4) is 0 Å². The summed E-state index contributed by atoms with van der Waals surface area (Å²) < 4.78 is 2.01. The Kier molecular flexibility index (Phi) is 5.19. The number of benzene rings is 2. The molecule has 0 aliphatic carbocycles. The Morgan fingerprint density at radius 2 is 1.80 bits per heavy atom. The highest BCUT2D eigenvalue weighted by molar-refractivity contribution is 6.33. The van der Waals surface area contributed by atoms with E-state index < -0.39 is 0 Å². The van der Waals surface area contributed by atoms with Crippen molar-refractivity contribution >= 4 is 23.5 Å². The fourth-order valence-electron chi connectivity index (χ4n) is 2.64. The van der Waals surface area contributed by atoms with Gasteiger partial charge in [0.05, 0.1) is 29.2 Å². The number of anilines is 1. The summed E-state index contributed by atoms with van der Waals surface area (Å²) in [6.45, 7) is 6.90. The highest BCUT2D eigenvalue weighted by Crippen LogP contribution is 2.20. The van der Waals surface area contributed by atoms with Crippen molar-refractivity contribution in [2.75, 3.05) is 5.43 Å². The zero-order valence-electron chi connectivity index (χ0n) is 14.6. The second-order valence-corrected chi connectivity index (χ2v) is 6.48. The molecule has 3 rings (SSSR count). The molecule has 1 heterocycles. The van der Waals surface area contributed by atoms with E-state index in [0.29, 0.717) is 5.02 Å². The molecule has 0 saturated carbocycles. The van der Waals surface area contributed by atoms with Crippen molar-refractivity contribution in [1.82, 2.24) is 9.78 Å². The van der Waals surface area contributed by atoms with E-state index in [1.165, 1.54) is 11.1 Å². The molecule has 0 spiro atoms. The molecule has 0 aliphatic heterocycles. The van der Waals surface area contributed by atoms with Gasteiger partial charge in [-0.15, -0.1) is 0 Å². The van der Waals surface area contributed by atoms with Crippen LogP contribution in [-0.2, 0) is 6.54 Å². The predicted molar refractivity (Wildman–Crippen MR) is 105 cm³/mol. The molecule has 5 heteroatoms. The molecule has 25 heavy (non-hydrogen) atoms. The number of aryl methyl sites for hydroxylation is 2. The van der Waals surface area contributed by atoms with Gasteiger partial charge in [0, 0.05) is 11.3 Å². The standard InChI is InChI=1S/C20H21ClN4/c1-14-8-10-17(11-9-14)13-25-16(3)18(15(2)24-25)12-22-23-20-7-5-4-6-19(20)21/h4-12,23H,13H2,1-3H3/b22-12-. The number of hydrogen-bond acceptors (Lipinski definition) is 3. The van der Waals surface area contributed by atoms with Gasteiger partial charge in [-0.25, -0.2) is 0 Å². The fraction of sp³-hybridized carbons (Fsp3) is 0.200. The van der Waals surface area contributed by atoms with Gasteiger partial charge in [0.1, 0.15) is 0 Å². The van der Waals surface area contributed by atoms with Crippen LogP contribution in [0.2, 0.25) is 5.02 Å². The molecule has 0 unspecified atom stereocenters. The van der Waals surface area contributed by atoms with E-state index in [1.54, 1.807) is 6.21 Å². The van der Waals surface area contributed by atoms with Crippen LogP contribution in [-0.4, -0.2) is 16.0 Å². The van der Waals surface area contributed by atoms with Crippen molar-refractivity contribution in [3.63, 3.8) is 0 Å². The third kappa shape index (κ3) is 4.09. The molecule has 0 atom stereocenters. The van der Waals surface area contributed by atoms with Crippen LogP contribution >= 0.6 is 11.6 Å². The smallest absolute Gasteiger partial charge is 0.0748 e. The van der Waals surface area contributed by atoms with Crippen LogP contribution in [0.1, 0.15) is 28.1 Å². The summed E-state index contributed by atoms with van der Waals surface area (Å²) in [5.74, 6) is 0. The average Bonchev–Trinajstić information content (AvgIpc) is 2.86. The summed E-state index contributed by atoms with van der Waals surface area (Å²) in [5.41, 5.74) is 9.31. The van der Waals surface area contributed by atoms with Crippen LogP contribution in [0.5, 0.6) is 0 Å². The number of para-hydroxylation sites is 1. The van der Waals surface area contributed by atoms with Crippen LogP contribution in [0.3, 0.4) is 0 Å². The van der Waals surface area contributed by atoms with E-state index >= 15 is 0 Å². The highest BCUT2D eigenvalue weighted by Gasteiger charge is 2.10. The summed E-state index contributed by atoms with van der Waals surface area (Å²) in [5, 5.41) is 9.60. The number of rotatable bonds is 5. The Morgan fingerprint density at radius 1 is 1.08 bits per heavy atom. The van der Waals surface area contributed by atoms with E-state index in [4.69, 9.17) is 11.6 Å². The third-order valence-corrected chi connectivity index (χ3v) is 4.47. The van der Waals surface area contributed by atoms with E-state index in [2.05, 4.69) is 53.7 Å². The number of hydrazone groups is 1. The highest BCUT2D eigenvalue weighted by atomic mass is 35.5. The van der Waals surface area contributed by atoms with E-state index in [1.807, 2.05) is 35.9 Å². The first-order valence-electron chi connectivity index (χ1n) is 8.18. The molecule has 0 fully saturated rings. The van der Waals surface area contributed by atoms with Crippen molar-refractivity contribution in [2.24, 2.45) is 5.10 Å². The number of halogens is 1. The summed E-state index contributed by atoms with van der Waals surface area (Å²) >= 11 is 6.12. The second-order valence-electron chi connectivity index (χ2n) is 6.08. The molecule has 128 valence electrons. The number of hydrogen-bond donors (Lipinski definition) is 1. The molecule has 2 aromatic carbocycles. The minimum atomic E-state index is 0.642. The van der Waals surface area contributed by atoms with Crippen molar-refractivity contribution in [2.45, 2.75) is 27.3 Å². The van der Waals surface area contributed by atoms with Gasteiger partial charge in [-0.3, -0.25) is 10.1 Å². The Morgan fingerprint density at radius 3 is 2.52 bits per heavy atom. The Bertz CT molecular complexity index is 895. The Balaban J connectivity index is 1.76. The van der Waals surface area contributed by atoms with Gasteiger partial charge in [-0.2, -0.15) is 10.2 Å². The first-order chi connectivity index (χ1) is 12.0. The van der Waals surface area contributed by atoms with Crippen molar-refractivity contribution in [3.05, 3.63) is 81.6 Å². The molecule has 3 aromatic rings. The molecule has 4 nitrogen and oxygen atoms in total. The zero-order chi connectivity index (χ0) is 17.8. The lowest BCUT2D eigenvalue weighted by molar-refractivity contribution is 0.659. The molecule has 0 radical (unpaired) electrons. The predicted octanol–water partition coefficient (Wildman–Crippen LogP) is 4.96. The number of aromatic nitrogens is 2. The number of nitrogens with one attached hydrogen (secondary N) is 1. The fourth-order valence-corrected chi connectivity index (χ4v) is 2.81. The largest absolute Gasteiger partial charge is 0.277 e. The summed E-state index contributed by atoms with van der Waals surface area (Å²) in [6, 6.07) is 16.0. The maximum absolute atomic E-state index is 6.12. The Labute approximate surface area is 153 Å². The maximum atomic E-state index is 6.12. The van der Waals surface area contributed by atoms with Crippen molar-refractivity contribution < 1.29 is 0 Å². The summed E-state index contributed by atoms with van der Waals surface area (Å²) in [4.78, 5) is 0. The molecular formula is C20H21ClN4. The van der Waals surface area contributed by atoms with E-state index in [0.717, 1.165) is 29.2 Å². The minimum absolute atomic E-state index is 0.642. The maximum Gasteiger partial charge on any atom is 0.0748 e. The van der Waals surface area contributed by atoms with Gasteiger partial charge in [0.15, 0.2) is 0 Å². The van der Waals surface area contributed by atoms with Crippen LogP contribution in [0.25, 0.3) is 0 Å². The van der Waals surface area contributed by atoms with E-state index in [-0.39, 0.29) is 0 Å². The molecule has 0 aliphatic rings. The number of nitrogens with zero attached hydrogens (tertiary/aromatic N) is 3.